The third-order valence-corrected chi connectivity index (χ3v) is 3.62. The zero-order valence-electron chi connectivity index (χ0n) is 11.9. The molecule has 114 valence electrons. The molecule has 6 nitrogen and oxygen atoms in total. The van der Waals surface area contributed by atoms with Gasteiger partial charge in [0, 0.05) is 29.7 Å². The molecule has 4 N–H and O–H groups in total. The van der Waals surface area contributed by atoms with Crippen LogP contribution < -0.4 is 5.73 Å². The molecule has 3 aromatic rings. The molecular formula is C16H12ClN5O. The Morgan fingerprint density at radius 2 is 1.96 bits per heavy atom. The molecule has 0 aliphatic rings. The van der Waals surface area contributed by atoms with Gasteiger partial charge >= 0.3 is 0 Å². The quantitative estimate of drug-likeness (QED) is 0.506. The number of nitrogens with zero attached hydrogens (tertiary/aromatic N) is 3. The Bertz CT molecular complexity index is 939. The molecule has 0 amide bonds. The Morgan fingerprint density at radius 1 is 1.13 bits per heavy atom. The fourth-order valence-corrected chi connectivity index (χ4v) is 2.24. The van der Waals surface area contributed by atoms with Crippen molar-refractivity contribution in [2.24, 2.45) is 5.73 Å². The summed E-state index contributed by atoms with van der Waals surface area (Å²) in [7, 11) is 0. The number of hydrogen-bond acceptors (Lipinski definition) is 6. The summed E-state index contributed by atoms with van der Waals surface area (Å²) in [5.41, 5.74) is 9.37. The van der Waals surface area contributed by atoms with Crippen molar-refractivity contribution >= 4 is 34.4 Å². The molecule has 2 heterocycles. The lowest BCUT2D eigenvalue weighted by Crippen LogP contribution is -1.96. The topological polar surface area (TPSA) is 109 Å². The second-order valence-corrected chi connectivity index (χ2v) is 5.12. The van der Waals surface area contributed by atoms with E-state index in [-0.39, 0.29) is 10.9 Å². The highest BCUT2D eigenvalue weighted by Crippen LogP contribution is 2.28. The number of nitrogens with one attached hydrogen (secondary N) is 1. The van der Waals surface area contributed by atoms with Gasteiger partial charge in [-0.25, -0.2) is 9.97 Å². The zero-order chi connectivity index (χ0) is 16.4. The smallest absolute Gasteiger partial charge is 0.170 e. The van der Waals surface area contributed by atoms with Crippen LogP contribution in [0.25, 0.3) is 27.7 Å². The van der Waals surface area contributed by atoms with Crippen molar-refractivity contribution in [1.29, 1.82) is 5.41 Å². The van der Waals surface area contributed by atoms with Crippen molar-refractivity contribution in [3.8, 4) is 16.9 Å². The standard InChI is InChI=1S/C16H12ClN5O/c17-16-15(23)4-10(7-21-16)9-1-2-12-13(3-9)22-14(8-20-12)11(5-18)6-19/h1-8,18,23H,19H2/b11-6+,18-5?. The Morgan fingerprint density at radius 3 is 2.65 bits per heavy atom. The van der Waals surface area contributed by atoms with Crippen LogP contribution in [0.5, 0.6) is 5.75 Å². The van der Waals surface area contributed by atoms with Gasteiger partial charge in [0.25, 0.3) is 0 Å². The third-order valence-electron chi connectivity index (χ3n) is 3.33. The molecule has 0 saturated heterocycles. The number of rotatable bonds is 3. The molecular weight excluding hydrogens is 314 g/mol. The van der Waals surface area contributed by atoms with Crippen LogP contribution in [-0.4, -0.2) is 26.3 Å². The lowest BCUT2D eigenvalue weighted by Gasteiger charge is -2.06. The Kier molecular flexibility index (Phi) is 3.91. The van der Waals surface area contributed by atoms with Gasteiger partial charge in [-0.2, -0.15) is 0 Å². The summed E-state index contributed by atoms with van der Waals surface area (Å²) in [5.74, 6) is -0.0822. The summed E-state index contributed by atoms with van der Waals surface area (Å²) in [6.07, 6.45) is 5.58. The van der Waals surface area contributed by atoms with Crippen LogP contribution in [-0.2, 0) is 0 Å². The van der Waals surface area contributed by atoms with Crippen LogP contribution in [0, 0.1) is 5.41 Å². The van der Waals surface area contributed by atoms with Gasteiger partial charge in [-0.05, 0) is 23.8 Å². The van der Waals surface area contributed by atoms with Crippen LogP contribution in [0.2, 0.25) is 5.15 Å². The Labute approximate surface area is 136 Å². The van der Waals surface area contributed by atoms with Gasteiger partial charge in [0.15, 0.2) is 10.9 Å². The number of halogens is 1. The maximum absolute atomic E-state index is 9.69. The van der Waals surface area contributed by atoms with Crippen LogP contribution in [0.1, 0.15) is 5.69 Å². The van der Waals surface area contributed by atoms with E-state index in [2.05, 4.69) is 15.0 Å². The number of nitrogens with two attached hydrogens (primary N) is 1. The van der Waals surface area contributed by atoms with E-state index in [1.165, 1.54) is 12.3 Å². The van der Waals surface area contributed by atoms with Gasteiger partial charge in [-0.15, -0.1) is 0 Å². The van der Waals surface area contributed by atoms with Crippen LogP contribution in [0.3, 0.4) is 0 Å². The fourth-order valence-electron chi connectivity index (χ4n) is 2.13. The molecule has 0 radical (unpaired) electrons. The van der Waals surface area contributed by atoms with E-state index in [0.29, 0.717) is 27.9 Å². The molecule has 0 spiro atoms. The number of hydrogen-bond donors (Lipinski definition) is 3. The summed E-state index contributed by atoms with van der Waals surface area (Å²) < 4.78 is 0. The molecule has 2 aromatic heterocycles. The molecule has 0 fully saturated rings. The second kappa shape index (κ2) is 6.02. The van der Waals surface area contributed by atoms with E-state index in [4.69, 9.17) is 22.7 Å². The maximum atomic E-state index is 9.69. The third kappa shape index (κ3) is 2.84. The fraction of sp³-hybridized carbons (Fsp3) is 0. The average Bonchev–Trinajstić information content (AvgIpc) is 2.58. The molecule has 23 heavy (non-hydrogen) atoms. The van der Waals surface area contributed by atoms with Gasteiger partial charge in [0.05, 0.1) is 22.9 Å². The van der Waals surface area contributed by atoms with Crippen molar-refractivity contribution in [2.75, 3.05) is 0 Å². The van der Waals surface area contributed by atoms with Gasteiger partial charge < -0.3 is 16.2 Å². The minimum absolute atomic E-state index is 0.0559. The van der Waals surface area contributed by atoms with Crippen molar-refractivity contribution in [2.45, 2.75) is 0 Å². The van der Waals surface area contributed by atoms with Crippen LogP contribution in [0.15, 0.2) is 42.9 Å². The second-order valence-electron chi connectivity index (χ2n) is 4.76. The molecule has 1 aromatic carbocycles. The molecule has 7 heteroatoms. The monoisotopic (exact) mass is 325 g/mol. The number of aromatic nitrogens is 3. The highest BCUT2D eigenvalue weighted by molar-refractivity contribution is 6.30. The summed E-state index contributed by atoms with van der Waals surface area (Å²) in [4.78, 5) is 12.7. The number of aromatic hydroxyl groups is 1. The van der Waals surface area contributed by atoms with Gasteiger partial charge in [0.1, 0.15) is 0 Å². The summed E-state index contributed by atoms with van der Waals surface area (Å²) in [6.45, 7) is 0. The SMILES string of the molecule is N=C/C(=C\N)c1cnc2ccc(-c3cnc(Cl)c(O)c3)cc2n1. The van der Waals surface area contributed by atoms with E-state index in [1.807, 2.05) is 18.2 Å². The molecule has 3 rings (SSSR count). The van der Waals surface area contributed by atoms with Crippen LogP contribution in [0.4, 0.5) is 0 Å². The number of fused-ring (bicyclic) bond motifs is 1. The minimum atomic E-state index is -0.0822. The number of pyridine rings is 1. The van der Waals surface area contributed by atoms with Crippen molar-refractivity contribution in [1.82, 2.24) is 15.0 Å². The van der Waals surface area contributed by atoms with E-state index in [0.717, 1.165) is 11.8 Å². The zero-order valence-corrected chi connectivity index (χ0v) is 12.6. The molecule has 0 unspecified atom stereocenters. The summed E-state index contributed by atoms with van der Waals surface area (Å²) in [6, 6.07) is 7.05. The lowest BCUT2D eigenvalue weighted by molar-refractivity contribution is 0.473. The first-order valence-electron chi connectivity index (χ1n) is 6.67. The largest absolute Gasteiger partial charge is 0.505 e. The van der Waals surface area contributed by atoms with Crippen molar-refractivity contribution < 1.29 is 5.11 Å². The predicted octanol–water partition coefficient (Wildman–Crippen LogP) is 3.00. The van der Waals surface area contributed by atoms with Gasteiger partial charge in [-0.3, -0.25) is 4.98 Å². The molecule has 0 saturated carbocycles. The van der Waals surface area contributed by atoms with Gasteiger partial charge in [0.2, 0.25) is 0 Å². The first-order chi connectivity index (χ1) is 11.1. The van der Waals surface area contributed by atoms with Crippen LogP contribution >= 0.6 is 11.6 Å². The van der Waals surface area contributed by atoms with E-state index in [1.54, 1.807) is 12.4 Å². The Balaban J connectivity index is 2.13. The molecule has 0 bridgehead atoms. The normalized spacial score (nSPS) is 11.6. The highest BCUT2D eigenvalue weighted by atomic mass is 35.5. The molecule has 0 atom stereocenters. The van der Waals surface area contributed by atoms with Crippen molar-refractivity contribution in [3.63, 3.8) is 0 Å². The lowest BCUT2D eigenvalue weighted by atomic mass is 10.1. The Hall–Kier alpha value is -2.99. The van der Waals surface area contributed by atoms with E-state index < -0.39 is 0 Å². The van der Waals surface area contributed by atoms with Crippen molar-refractivity contribution in [3.05, 3.63) is 53.7 Å². The predicted molar refractivity (Wildman–Crippen MR) is 90.4 cm³/mol. The van der Waals surface area contributed by atoms with E-state index >= 15 is 0 Å². The maximum Gasteiger partial charge on any atom is 0.170 e. The molecule has 0 aliphatic carbocycles. The first kappa shape index (κ1) is 14.9. The average molecular weight is 326 g/mol. The molecule has 0 aliphatic heterocycles. The summed E-state index contributed by atoms with van der Waals surface area (Å²) >= 11 is 5.73. The number of allylic oxidation sites excluding steroid dienone is 1. The number of benzene rings is 1. The van der Waals surface area contributed by atoms with Gasteiger partial charge in [-0.1, -0.05) is 17.7 Å². The van der Waals surface area contributed by atoms with E-state index in [9.17, 15) is 5.11 Å². The highest BCUT2D eigenvalue weighted by Gasteiger charge is 2.07. The first-order valence-corrected chi connectivity index (χ1v) is 7.04. The summed E-state index contributed by atoms with van der Waals surface area (Å²) in [5, 5.41) is 17.1. The minimum Gasteiger partial charge on any atom is -0.505 e.